The van der Waals surface area contributed by atoms with Crippen LogP contribution in [0.3, 0.4) is 0 Å². The summed E-state index contributed by atoms with van der Waals surface area (Å²) in [5, 5.41) is 23.7. The predicted molar refractivity (Wildman–Crippen MR) is 123 cm³/mol. The molecule has 0 saturated heterocycles. The standard InChI is InChI=1S/C26H28N2O6/c29-22(23(30)31)9-10-27-24(32)26-12-15(26)11-16(13-26)28-25(33)34-14-21-19-7-3-1-5-17(19)18-6-2-4-8-20(18)21/h1-8,15-16,21-22,29H,9-14H2,(H,27,32)(H,28,33)(H,30,31)/t15-,16+,22-,26+/m0/s1. The number of amides is 2. The Bertz CT molecular complexity index is 1090. The first-order chi connectivity index (χ1) is 16.4. The van der Waals surface area contributed by atoms with Gasteiger partial charge in [0.2, 0.25) is 5.91 Å². The summed E-state index contributed by atoms with van der Waals surface area (Å²) in [7, 11) is 0. The summed E-state index contributed by atoms with van der Waals surface area (Å²) in [6, 6.07) is 16.2. The Labute approximate surface area is 197 Å². The van der Waals surface area contributed by atoms with Crippen molar-refractivity contribution in [2.45, 2.75) is 43.7 Å². The van der Waals surface area contributed by atoms with Gasteiger partial charge in [0.15, 0.2) is 6.10 Å². The highest BCUT2D eigenvalue weighted by Crippen LogP contribution is 2.63. The third-order valence-corrected chi connectivity index (χ3v) is 7.52. The van der Waals surface area contributed by atoms with Gasteiger partial charge in [-0.05, 0) is 47.4 Å². The third-order valence-electron chi connectivity index (χ3n) is 7.52. The summed E-state index contributed by atoms with van der Waals surface area (Å²) in [5.74, 6) is -1.24. The molecule has 2 saturated carbocycles. The number of carboxylic acids is 1. The lowest BCUT2D eigenvalue weighted by Gasteiger charge is -2.19. The molecule has 0 radical (unpaired) electrons. The highest BCUT2D eigenvalue weighted by Gasteiger charge is 2.65. The van der Waals surface area contributed by atoms with Gasteiger partial charge in [0.05, 0.1) is 5.41 Å². The van der Waals surface area contributed by atoms with Crippen molar-refractivity contribution in [2.24, 2.45) is 11.3 Å². The van der Waals surface area contributed by atoms with Gasteiger partial charge < -0.3 is 25.6 Å². The van der Waals surface area contributed by atoms with Crippen molar-refractivity contribution in [1.29, 1.82) is 0 Å². The highest BCUT2D eigenvalue weighted by atomic mass is 16.5. The Hall–Kier alpha value is -3.39. The summed E-state index contributed by atoms with van der Waals surface area (Å²) in [4.78, 5) is 35.9. The van der Waals surface area contributed by atoms with Crippen LogP contribution in [0.1, 0.15) is 42.7 Å². The van der Waals surface area contributed by atoms with Gasteiger partial charge in [-0.1, -0.05) is 48.5 Å². The molecule has 0 bridgehead atoms. The van der Waals surface area contributed by atoms with Gasteiger partial charge in [0, 0.05) is 24.9 Å². The maximum absolute atomic E-state index is 12.6. The van der Waals surface area contributed by atoms with E-state index in [1.807, 2.05) is 24.3 Å². The maximum atomic E-state index is 12.6. The molecule has 8 nitrogen and oxygen atoms in total. The summed E-state index contributed by atoms with van der Waals surface area (Å²) in [6.45, 7) is 0.346. The van der Waals surface area contributed by atoms with Gasteiger partial charge in [0.1, 0.15) is 6.61 Å². The summed E-state index contributed by atoms with van der Waals surface area (Å²) in [5.41, 5.74) is 4.15. The van der Waals surface area contributed by atoms with Crippen molar-refractivity contribution < 1.29 is 29.3 Å². The van der Waals surface area contributed by atoms with E-state index in [4.69, 9.17) is 9.84 Å². The molecule has 2 amide bonds. The highest BCUT2D eigenvalue weighted by molar-refractivity contribution is 5.87. The first kappa shape index (κ1) is 22.4. The van der Waals surface area contributed by atoms with E-state index in [2.05, 4.69) is 34.9 Å². The van der Waals surface area contributed by atoms with Crippen LogP contribution in [0.25, 0.3) is 11.1 Å². The van der Waals surface area contributed by atoms with Crippen molar-refractivity contribution in [2.75, 3.05) is 13.2 Å². The number of nitrogens with one attached hydrogen (secondary N) is 2. The van der Waals surface area contributed by atoms with E-state index in [-0.39, 0.29) is 43.4 Å². The number of ether oxygens (including phenoxy) is 1. The Kier molecular flexibility index (Phi) is 5.77. The molecule has 0 heterocycles. The van der Waals surface area contributed by atoms with Crippen LogP contribution in [0.4, 0.5) is 4.79 Å². The molecular formula is C26H28N2O6. The second-order valence-corrected chi connectivity index (χ2v) is 9.56. The topological polar surface area (TPSA) is 125 Å². The minimum atomic E-state index is -1.49. The van der Waals surface area contributed by atoms with Gasteiger partial charge in [-0.25, -0.2) is 9.59 Å². The van der Waals surface area contributed by atoms with E-state index < -0.39 is 23.6 Å². The van der Waals surface area contributed by atoms with Crippen LogP contribution in [-0.4, -0.2) is 53.5 Å². The number of fused-ring (bicyclic) bond motifs is 4. The van der Waals surface area contributed by atoms with E-state index in [0.29, 0.717) is 6.42 Å². The number of aliphatic hydroxyl groups excluding tert-OH is 1. The number of hydrogen-bond donors (Lipinski definition) is 4. The van der Waals surface area contributed by atoms with Crippen LogP contribution < -0.4 is 10.6 Å². The molecule has 2 fully saturated rings. The molecule has 34 heavy (non-hydrogen) atoms. The molecule has 0 spiro atoms. The number of aliphatic carboxylic acids is 1. The molecule has 3 aliphatic carbocycles. The molecule has 0 aromatic heterocycles. The van der Waals surface area contributed by atoms with Crippen LogP contribution in [0, 0.1) is 11.3 Å². The first-order valence-corrected chi connectivity index (χ1v) is 11.7. The lowest BCUT2D eigenvalue weighted by Crippen LogP contribution is -2.39. The first-order valence-electron chi connectivity index (χ1n) is 11.7. The van der Waals surface area contributed by atoms with Crippen LogP contribution in [0.5, 0.6) is 0 Å². The van der Waals surface area contributed by atoms with E-state index in [9.17, 15) is 19.5 Å². The number of carbonyl (C=O) groups is 3. The summed E-state index contributed by atoms with van der Waals surface area (Å²) < 4.78 is 5.62. The SMILES string of the molecule is O=C(N[C@@H]1C[C@H]2C[C@@]2(C(=O)NCC[C@H](O)C(=O)O)C1)OCC1c2ccccc2-c2ccccc21. The molecule has 4 N–H and O–H groups in total. The van der Waals surface area contributed by atoms with Crippen LogP contribution in [-0.2, 0) is 14.3 Å². The lowest BCUT2D eigenvalue weighted by atomic mass is 9.98. The summed E-state index contributed by atoms with van der Waals surface area (Å²) >= 11 is 0. The Morgan fingerprint density at radius 3 is 2.32 bits per heavy atom. The van der Waals surface area contributed by atoms with Crippen molar-refractivity contribution in [3.8, 4) is 11.1 Å². The van der Waals surface area contributed by atoms with Gasteiger partial charge in [0.25, 0.3) is 0 Å². The van der Waals surface area contributed by atoms with Gasteiger partial charge in [-0.3, -0.25) is 4.79 Å². The fourth-order valence-corrected chi connectivity index (χ4v) is 5.72. The molecule has 0 unspecified atom stereocenters. The number of rotatable bonds is 8. The second kappa shape index (κ2) is 8.76. The van der Waals surface area contributed by atoms with E-state index in [1.54, 1.807) is 0 Å². The second-order valence-electron chi connectivity index (χ2n) is 9.56. The summed E-state index contributed by atoms with van der Waals surface area (Å²) in [6.07, 6.45) is 0.0180. The van der Waals surface area contributed by atoms with E-state index in [1.165, 1.54) is 11.1 Å². The number of carbonyl (C=O) groups excluding carboxylic acids is 2. The largest absolute Gasteiger partial charge is 0.479 e. The molecule has 3 aliphatic rings. The molecule has 4 atom stereocenters. The fraction of sp³-hybridized carbons (Fsp3) is 0.423. The normalized spacial score (nSPS) is 25.0. The van der Waals surface area contributed by atoms with E-state index in [0.717, 1.165) is 24.0 Å². The maximum Gasteiger partial charge on any atom is 0.407 e. The van der Waals surface area contributed by atoms with Crippen molar-refractivity contribution in [1.82, 2.24) is 10.6 Å². The zero-order valence-electron chi connectivity index (χ0n) is 18.7. The number of benzene rings is 2. The van der Waals surface area contributed by atoms with Crippen molar-refractivity contribution in [3.05, 3.63) is 59.7 Å². The molecular weight excluding hydrogens is 436 g/mol. The van der Waals surface area contributed by atoms with Crippen molar-refractivity contribution in [3.63, 3.8) is 0 Å². The minimum Gasteiger partial charge on any atom is -0.479 e. The number of aliphatic hydroxyl groups is 1. The lowest BCUT2D eigenvalue weighted by molar-refractivity contribution is -0.147. The van der Waals surface area contributed by atoms with Crippen LogP contribution in [0.2, 0.25) is 0 Å². The van der Waals surface area contributed by atoms with Crippen molar-refractivity contribution >= 4 is 18.0 Å². The smallest absolute Gasteiger partial charge is 0.407 e. The quantitative estimate of drug-likeness (QED) is 0.476. The Morgan fingerprint density at radius 2 is 1.68 bits per heavy atom. The molecule has 0 aliphatic heterocycles. The number of alkyl carbamates (subject to hydrolysis) is 1. The Balaban J connectivity index is 1.12. The average molecular weight is 465 g/mol. The zero-order valence-corrected chi connectivity index (χ0v) is 18.7. The average Bonchev–Trinajstić information content (AvgIpc) is 3.26. The molecule has 2 aromatic carbocycles. The zero-order chi connectivity index (χ0) is 23.9. The monoisotopic (exact) mass is 464 g/mol. The third kappa shape index (κ3) is 4.03. The van der Waals surface area contributed by atoms with Gasteiger partial charge in [-0.15, -0.1) is 0 Å². The number of hydrogen-bond acceptors (Lipinski definition) is 5. The van der Waals surface area contributed by atoms with Gasteiger partial charge >= 0.3 is 12.1 Å². The molecule has 8 heteroatoms. The fourth-order valence-electron chi connectivity index (χ4n) is 5.72. The van der Waals surface area contributed by atoms with E-state index >= 15 is 0 Å². The molecule has 178 valence electrons. The van der Waals surface area contributed by atoms with Gasteiger partial charge in [-0.2, -0.15) is 0 Å². The Morgan fingerprint density at radius 1 is 1.03 bits per heavy atom. The number of carboxylic acid groups (broad SMARTS) is 1. The van der Waals surface area contributed by atoms with Crippen LogP contribution >= 0.6 is 0 Å². The predicted octanol–water partition coefficient (Wildman–Crippen LogP) is 2.65. The molecule has 5 rings (SSSR count). The van der Waals surface area contributed by atoms with Crippen LogP contribution in [0.15, 0.2) is 48.5 Å². The minimum absolute atomic E-state index is 0.00611. The molecule has 2 aromatic rings.